The van der Waals surface area contributed by atoms with Crippen molar-refractivity contribution in [1.82, 2.24) is 0 Å². The Bertz CT molecular complexity index is 112. The average molecular weight is 226 g/mol. The standard InChI is InChI=1S/C14H30Si/c1-4-6-7-8-9-10-11-12-13-15-14(3)5-2/h14H,4-13H2,1-3H3/t14-/m0/s1. The van der Waals surface area contributed by atoms with Gasteiger partial charge in [-0.05, 0) is 0 Å². The van der Waals surface area contributed by atoms with Gasteiger partial charge >= 0.3 is 0 Å². The second kappa shape index (κ2) is 12.3. The van der Waals surface area contributed by atoms with Gasteiger partial charge in [0.2, 0.25) is 0 Å². The van der Waals surface area contributed by atoms with E-state index in [1.54, 1.807) is 0 Å². The Labute approximate surface area is 100 Å². The Morgan fingerprint density at radius 2 is 1.33 bits per heavy atom. The van der Waals surface area contributed by atoms with Crippen molar-refractivity contribution < 1.29 is 0 Å². The van der Waals surface area contributed by atoms with E-state index >= 15 is 0 Å². The molecule has 0 N–H and O–H groups in total. The predicted molar refractivity (Wildman–Crippen MR) is 72.9 cm³/mol. The van der Waals surface area contributed by atoms with Gasteiger partial charge in [-0.3, -0.25) is 0 Å². The first-order valence-electron chi connectivity index (χ1n) is 7.04. The molecule has 0 fully saturated rings. The van der Waals surface area contributed by atoms with Crippen LogP contribution in [0.5, 0.6) is 0 Å². The van der Waals surface area contributed by atoms with E-state index in [-0.39, 0.29) is 0 Å². The van der Waals surface area contributed by atoms with E-state index in [9.17, 15) is 0 Å². The molecule has 0 amide bonds. The van der Waals surface area contributed by atoms with E-state index in [0.29, 0.717) is 0 Å². The van der Waals surface area contributed by atoms with Crippen molar-refractivity contribution in [1.29, 1.82) is 0 Å². The molecule has 0 aliphatic rings. The molecule has 1 atom stereocenters. The van der Waals surface area contributed by atoms with E-state index in [4.69, 9.17) is 0 Å². The summed E-state index contributed by atoms with van der Waals surface area (Å²) in [7, 11) is 1.22. The van der Waals surface area contributed by atoms with E-state index in [1.165, 1.54) is 73.4 Å². The fraction of sp³-hybridized carbons (Fsp3) is 1.00. The first-order chi connectivity index (χ1) is 7.31. The van der Waals surface area contributed by atoms with Crippen LogP contribution in [0.1, 0.15) is 78.6 Å². The van der Waals surface area contributed by atoms with Crippen LogP contribution in [0.3, 0.4) is 0 Å². The van der Waals surface area contributed by atoms with Crippen molar-refractivity contribution in [3.63, 3.8) is 0 Å². The van der Waals surface area contributed by atoms with Gasteiger partial charge < -0.3 is 0 Å². The van der Waals surface area contributed by atoms with Gasteiger partial charge in [0.15, 0.2) is 0 Å². The van der Waals surface area contributed by atoms with Gasteiger partial charge in [0.05, 0.1) is 0 Å². The minimum atomic E-state index is 0.981. The zero-order valence-corrected chi connectivity index (χ0v) is 12.1. The summed E-state index contributed by atoms with van der Waals surface area (Å²) >= 11 is 0. The number of hydrogen-bond acceptors (Lipinski definition) is 0. The van der Waals surface area contributed by atoms with Gasteiger partial charge in [-0.2, -0.15) is 0 Å². The van der Waals surface area contributed by atoms with Crippen LogP contribution < -0.4 is 0 Å². The Morgan fingerprint density at radius 1 is 0.800 bits per heavy atom. The largest absolute Gasteiger partial charge is 0.0654 e. The summed E-state index contributed by atoms with van der Waals surface area (Å²) in [5.41, 5.74) is 0.981. The Hall–Kier alpha value is 0.217. The van der Waals surface area contributed by atoms with Crippen LogP contribution in [0.2, 0.25) is 11.6 Å². The third-order valence-electron chi connectivity index (χ3n) is 3.14. The van der Waals surface area contributed by atoms with Gasteiger partial charge in [0.25, 0.3) is 0 Å². The predicted octanol–water partition coefficient (Wildman–Crippen LogP) is 5.47. The van der Waals surface area contributed by atoms with Crippen LogP contribution in [0, 0.1) is 0 Å². The van der Waals surface area contributed by atoms with Crippen LogP contribution >= 0.6 is 0 Å². The summed E-state index contributed by atoms with van der Waals surface area (Å²) < 4.78 is 0. The molecule has 0 aliphatic heterocycles. The van der Waals surface area contributed by atoms with Crippen molar-refractivity contribution in [2.75, 3.05) is 0 Å². The van der Waals surface area contributed by atoms with Crippen molar-refractivity contribution in [3.05, 3.63) is 0 Å². The molecule has 90 valence electrons. The fourth-order valence-electron chi connectivity index (χ4n) is 1.75. The lowest BCUT2D eigenvalue weighted by Gasteiger charge is -2.06. The second-order valence-corrected chi connectivity index (χ2v) is 6.63. The van der Waals surface area contributed by atoms with E-state index < -0.39 is 0 Å². The lowest BCUT2D eigenvalue weighted by Crippen LogP contribution is -1.97. The van der Waals surface area contributed by atoms with Crippen LogP contribution in [0.15, 0.2) is 0 Å². The smallest absolute Gasteiger partial charge is 0.0410 e. The Balaban J connectivity index is 2.92. The van der Waals surface area contributed by atoms with Crippen LogP contribution in [-0.2, 0) is 0 Å². The summed E-state index contributed by atoms with van der Waals surface area (Å²) in [6.07, 6.45) is 13.0. The van der Waals surface area contributed by atoms with Gasteiger partial charge in [-0.1, -0.05) is 90.1 Å². The molecule has 0 unspecified atom stereocenters. The maximum atomic E-state index is 2.39. The van der Waals surface area contributed by atoms with Gasteiger partial charge in [0.1, 0.15) is 0 Å². The highest BCUT2D eigenvalue weighted by molar-refractivity contribution is 6.37. The second-order valence-electron chi connectivity index (χ2n) is 4.74. The lowest BCUT2D eigenvalue weighted by molar-refractivity contribution is 0.584. The zero-order valence-electron chi connectivity index (χ0n) is 11.1. The SMILES string of the molecule is CCCCCCCCCC[Si][C@@H](C)CC. The molecular weight excluding hydrogens is 196 g/mol. The topological polar surface area (TPSA) is 0 Å². The molecule has 0 aliphatic carbocycles. The quantitative estimate of drug-likeness (QED) is 0.324. The maximum absolute atomic E-state index is 2.39. The van der Waals surface area contributed by atoms with Gasteiger partial charge in [0, 0.05) is 9.52 Å². The Morgan fingerprint density at radius 3 is 1.87 bits per heavy atom. The summed E-state index contributed by atoms with van der Waals surface area (Å²) in [4.78, 5) is 0. The van der Waals surface area contributed by atoms with Gasteiger partial charge in [-0.25, -0.2) is 0 Å². The zero-order chi connectivity index (χ0) is 11.4. The third-order valence-corrected chi connectivity index (χ3v) is 4.88. The lowest BCUT2D eigenvalue weighted by atomic mass is 10.1. The Kier molecular flexibility index (Phi) is 12.5. The maximum Gasteiger partial charge on any atom is 0.0410 e. The molecule has 0 spiro atoms. The van der Waals surface area contributed by atoms with E-state index in [0.717, 1.165) is 5.54 Å². The highest BCUT2D eigenvalue weighted by Gasteiger charge is 1.99. The molecule has 0 aromatic rings. The van der Waals surface area contributed by atoms with Crippen molar-refractivity contribution in [3.8, 4) is 0 Å². The molecule has 0 saturated carbocycles. The van der Waals surface area contributed by atoms with Crippen LogP contribution in [0.25, 0.3) is 0 Å². The minimum Gasteiger partial charge on any atom is -0.0654 e. The first-order valence-corrected chi connectivity index (χ1v) is 8.33. The highest BCUT2D eigenvalue weighted by atomic mass is 28.2. The molecule has 0 heterocycles. The van der Waals surface area contributed by atoms with Crippen LogP contribution in [0.4, 0.5) is 0 Å². The summed E-state index contributed by atoms with van der Waals surface area (Å²) in [5.74, 6) is 0. The molecule has 0 aromatic carbocycles. The molecule has 0 saturated heterocycles. The number of hydrogen-bond donors (Lipinski definition) is 0. The van der Waals surface area contributed by atoms with E-state index in [1.807, 2.05) is 0 Å². The van der Waals surface area contributed by atoms with Crippen LogP contribution in [-0.4, -0.2) is 9.52 Å². The highest BCUT2D eigenvalue weighted by Crippen LogP contribution is 2.13. The van der Waals surface area contributed by atoms with Crippen molar-refractivity contribution in [2.24, 2.45) is 0 Å². The number of rotatable bonds is 11. The fourth-order valence-corrected chi connectivity index (χ4v) is 2.99. The summed E-state index contributed by atoms with van der Waals surface area (Å²) in [6, 6.07) is 1.49. The normalized spacial score (nSPS) is 13.0. The molecule has 0 aromatic heterocycles. The molecule has 1 heteroatoms. The monoisotopic (exact) mass is 226 g/mol. The number of unbranched alkanes of at least 4 members (excludes halogenated alkanes) is 7. The molecule has 15 heavy (non-hydrogen) atoms. The molecule has 2 radical (unpaired) electrons. The molecule has 0 rings (SSSR count). The van der Waals surface area contributed by atoms with Crippen molar-refractivity contribution >= 4 is 9.52 Å². The van der Waals surface area contributed by atoms with Gasteiger partial charge in [-0.15, -0.1) is 0 Å². The van der Waals surface area contributed by atoms with E-state index in [2.05, 4.69) is 20.8 Å². The summed E-state index contributed by atoms with van der Waals surface area (Å²) in [5, 5.41) is 0. The summed E-state index contributed by atoms with van der Waals surface area (Å²) in [6.45, 7) is 6.99. The first kappa shape index (κ1) is 15.2. The molecule has 0 bridgehead atoms. The molecular formula is C14H30Si. The van der Waals surface area contributed by atoms with Crippen molar-refractivity contribution in [2.45, 2.75) is 90.1 Å². The average Bonchev–Trinajstić information content (AvgIpc) is 2.26. The molecule has 0 nitrogen and oxygen atoms in total. The minimum absolute atomic E-state index is 0.981. The third kappa shape index (κ3) is 12.1.